The lowest BCUT2D eigenvalue weighted by Crippen LogP contribution is -2.60. The maximum absolute atomic E-state index is 13.3. The topological polar surface area (TPSA) is 237 Å². The van der Waals surface area contributed by atoms with E-state index in [-0.39, 0.29) is 30.6 Å². The van der Waals surface area contributed by atoms with Crippen LogP contribution in [-0.2, 0) is 38.1 Å². The molecule has 10 N–H and O–H groups in total. The third kappa shape index (κ3) is 17.6. The molecule has 18 nitrogen and oxygen atoms in total. The molecule has 54 heavy (non-hydrogen) atoms. The highest BCUT2D eigenvalue weighted by Gasteiger charge is 2.27. The van der Waals surface area contributed by atoms with Gasteiger partial charge in [0.25, 0.3) is 11.8 Å². The van der Waals surface area contributed by atoms with Crippen LogP contribution in [0.15, 0.2) is 47.7 Å². The fraction of sp³-hybridized carbons (Fsp3) is 0.611. The Kier molecular flexibility index (Phi) is 21.4. The van der Waals surface area contributed by atoms with E-state index in [1.54, 1.807) is 30.5 Å². The predicted molar refractivity (Wildman–Crippen MR) is 201 cm³/mol. The molecular weight excluding hydrogens is 702 g/mol. The second-order valence-corrected chi connectivity index (χ2v) is 12.3. The number of benzene rings is 1. The number of amides is 4. The summed E-state index contributed by atoms with van der Waals surface area (Å²) in [4.78, 5) is 51.3. The van der Waals surface area contributed by atoms with Crippen molar-refractivity contribution in [1.82, 2.24) is 37.2 Å². The number of hydrogen-bond donors (Lipinski definition) is 9. The Bertz CT molecular complexity index is 1360. The Labute approximate surface area is 317 Å². The molecule has 0 saturated carbocycles. The van der Waals surface area contributed by atoms with Gasteiger partial charge in [0.1, 0.15) is 17.6 Å². The summed E-state index contributed by atoms with van der Waals surface area (Å²) in [5.74, 6) is -0.914. The van der Waals surface area contributed by atoms with Gasteiger partial charge in [0.15, 0.2) is 6.29 Å². The highest BCUT2D eigenvalue weighted by molar-refractivity contribution is 5.98. The zero-order chi connectivity index (χ0) is 38.8. The standard InChI is InChI=1S/C36H59N9O9/c1-3-15-51-20-21-53-17-6-14-39-34(48)29(11-12-30(46)38-13-5-16-52-22-23-54-19-18-50-4-2)43-33(47)26-7-9-27(10-8-26)40-24-28-25-41-32-31(42-28)35(49)45-36(37)44-32/h7-10,25,29,36,40-42,44H,3-6,11-24,37H2,1-2H3,(H,38,46)(H,39,48)(H,43,47)(H,45,49)/t29-,36?/m0/s1. The quantitative estimate of drug-likeness (QED) is 0.0476. The van der Waals surface area contributed by atoms with Gasteiger partial charge in [0.05, 0.1) is 51.9 Å². The molecule has 0 aromatic heterocycles. The number of hydrogen-bond acceptors (Lipinski definition) is 14. The summed E-state index contributed by atoms with van der Waals surface area (Å²) < 4.78 is 27.1. The Balaban J connectivity index is 1.43. The highest BCUT2D eigenvalue weighted by atomic mass is 16.5. The van der Waals surface area contributed by atoms with Gasteiger partial charge in [-0.25, -0.2) is 0 Å². The largest absolute Gasteiger partial charge is 0.379 e. The molecule has 2 atom stereocenters. The highest BCUT2D eigenvalue weighted by Crippen LogP contribution is 2.13. The predicted octanol–water partition coefficient (Wildman–Crippen LogP) is -0.332. The van der Waals surface area contributed by atoms with E-state index in [9.17, 15) is 19.2 Å². The molecule has 0 radical (unpaired) electrons. The molecule has 4 amide bonds. The van der Waals surface area contributed by atoms with Gasteiger partial charge in [-0.15, -0.1) is 0 Å². The van der Waals surface area contributed by atoms with Gasteiger partial charge in [-0.05, 0) is 56.9 Å². The van der Waals surface area contributed by atoms with Crippen LogP contribution in [-0.4, -0.2) is 122 Å². The number of carbonyl (C=O) groups excluding carboxylic acids is 4. The molecule has 3 rings (SSSR count). The molecule has 1 aromatic rings. The molecule has 0 fully saturated rings. The van der Waals surface area contributed by atoms with Crippen molar-refractivity contribution < 1.29 is 42.9 Å². The van der Waals surface area contributed by atoms with Crippen LogP contribution in [0.25, 0.3) is 0 Å². The molecule has 302 valence electrons. The van der Waals surface area contributed by atoms with E-state index in [1.807, 2.05) is 13.8 Å². The lowest BCUT2D eigenvalue weighted by Gasteiger charge is -2.31. The summed E-state index contributed by atoms with van der Waals surface area (Å²) in [6, 6.07) is 5.81. The van der Waals surface area contributed by atoms with E-state index in [2.05, 4.69) is 42.5 Å². The second kappa shape index (κ2) is 26.3. The van der Waals surface area contributed by atoms with Gasteiger partial charge in [-0.2, -0.15) is 0 Å². The Morgan fingerprint density at radius 2 is 1.44 bits per heavy atom. The van der Waals surface area contributed by atoms with Crippen LogP contribution < -0.4 is 48.3 Å². The average Bonchev–Trinajstić information content (AvgIpc) is 3.17. The van der Waals surface area contributed by atoms with E-state index < -0.39 is 18.2 Å². The Hall–Kier alpha value is -4.46. The van der Waals surface area contributed by atoms with Crippen molar-refractivity contribution in [1.29, 1.82) is 0 Å². The van der Waals surface area contributed by atoms with E-state index in [0.717, 1.165) is 12.1 Å². The first kappa shape index (κ1) is 43.9. The number of ether oxygens (including phenoxy) is 5. The van der Waals surface area contributed by atoms with Crippen molar-refractivity contribution >= 4 is 29.3 Å². The van der Waals surface area contributed by atoms with Crippen LogP contribution in [0.3, 0.4) is 0 Å². The summed E-state index contributed by atoms with van der Waals surface area (Å²) in [5.41, 5.74) is 7.84. The van der Waals surface area contributed by atoms with Crippen LogP contribution in [0.1, 0.15) is 56.3 Å². The zero-order valence-electron chi connectivity index (χ0n) is 31.5. The van der Waals surface area contributed by atoms with Crippen LogP contribution in [0.4, 0.5) is 5.69 Å². The Morgan fingerprint density at radius 1 is 0.815 bits per heavy atom. The monoisotopic (exact) mass is 761 g/mol. The lowest BCUT2D eigenvalue weighted by molar-refractivity contribution is -0.124. The molecule has 18 heteroatoms. The van der Waals surface area contributed by atoms with Crippen molar-refractivity contribution in [2.75, 3.05) is 91.0 Å². The summed E-state index contributed by atoms with van der Waals surface area (Å²) in [5, 5.41) is 23.3. The number of nitrogens with two attached hydrogens (primary N) is 1. The molecule has 0 bridgehead atoms. The fourth-order valence-electron chi connectivity index (χ4n) is 5.05. The van der Waals surface area contributed by atoms with Crippen LogP contribution in [0, 0.1) is 0 Å². The minimum atomic E-state index is -0.937. The van der Waals surface area contributed by atoms with Crippen LogP contribution in [0.5, 0.6) is 0 Å². The summed E-state index contributed by atoms with van der Waals surface area (Å²) in [6.45, 7) is 10.4. The summed E-state index contributed by atoms with van der Waals surface area (Å²) >= 11 is 0. The maximum Gasteiger partial charge on any atom is 0.274 e. The normalized spacial score (nSPS) is 15.4. The minimum Gasteiger partial charge on any atom is -0.379 e. The average molecular weight is 762 g/mol. The summed E-state index contributed by atoms with van der Waals surface area (Å²) in [7, 11) is 0. The number of nitrogens with one attached hydrogen (secondary N) is 8. The number of anilines is 1. The van der Waals surface area contributed by atoms with E-state index in [4.69, 9.17) is 29.4 Å². The van der Waals surface area contributed by atoms with E-state index >= 15 is 0 Å². The first-order chi connectivity index (χ1) is 26.3. The third-order valence-corrected chi connectivity index (χ3v) is 7.87. The van der Waals surface area contributed by atoms with Crippen molar-refractivity contribution in [3.05, 3.63) is 53.2 Å². The lowest BCUT2D eigenvalue weighted by atomic mass is 10.1. The molecule has 1 unspecified atom stereocenters. The first-order valence-corrected chi connectivity index (χ1v) is 18.7. The number of rotatable bonds is 29. The van der Waals surface area contributed by atoms with Gasteiger partial charge in [-0.1, -0.05) is 6.92 Å². The summed E-state index contributed by atoms with van der Waals surface area (Å²) in [6.07, 6.45) is 3.33. The van der Waals surface area contributed by atoms with Gasteiger partial charge in [-0.3, -0.25) is 24.9 Å². The zero-order valence-corrected chi connectivity index (χ0v) is 31.5. The smallest absolute Gasteiger partial charge is 0.274 e. The van der Waals surface area contributed by atoms with Crippen molar-refractivity contribution in [2.45, 2.75) is 58.3 Å². The molecule has 2 aliphatic heterocycles. The van der Waals surface area contributed by atoms with Crippen LogP contribution >= 0.6 is 0 Å². The first-order valence-electron chi connectivity index (χ1n) is 18.7. The van der Waals surface area contributed by atoms with Gasteiger partial charge in [0.2, 0.25) is 11.8 Å². The second-order valence-electron chi connectivity index (χ2n) is 12.3. The maximum atomic E-state index is 13.3. The number of carbonyl (C=O) groups is 4. The molecule has 0 saturated heterocycles. The SMILES string of the molecule is CCCOCCOCCCNC(=O)[C@H](CCC(=O)NCCCOCCOCCOCC)NC(=O)c1ccc(NCC2=CNC3=C(N2)C(=O)NC(N)N3)cc1. The van der Waals surface area contributed by atoms with Gasteiger partial charge < -0.3 is 66.2 Å². The Morgan fingerprint density at radius 3 is 2.11 bits per heavy atom. The molecule has 0 aliphatic carbocycles. The van der Waals surface area contributed by atoms with Gasteiger partial charge in [0, 0.05) is 63.4 Å². The molecule has 2 heterocycles. The third-order valence-electron chi connectivity index (χ3n) is 7.87. The molecule has 2 aliphatic rings. The van der Waals surface area contributed by atoms with Crippen LogP contribution in [0.2, 0.25) is 0 Å². The van der Waals surface area contributed by atoms with Crippen molar-refractivity contribution in [2.24, 2.45) is 5.73 Å². The fourth-order valence-corrected chi connectivity index (χ4v) is 5.05. The van der Waals surface area contributed by atoms with Crippen molar-refractivity contribution in [3.8, 4) is 0 Å². The van der Waals surface area contributed by atoms with Gasteiger partial charge >= 0.3 is 0 Å². The molecular formula is C36H59N9O9. The molecule has 1 aromatic carbocycles. The van der Waals surface area contributed by atoms with E-state index in [0.29, 0.717) is 121 Å². The van der Waals surface area contributed by atoms with Crippen molar-refractivity contribution in [3.63, 3.8) is 0 Å². The van der Waals surface area contributed by atoms with E-state index in [1.165, 1.54) is 0 Å². The minimum absolute atomic E-state index is 0.0400. The molecule has 0 spiro atoms.